The summed E-state index contributed by atoms with van der Waals surface area (Å²) in [4.78, 5) is 24.6. The quantitative estimate of drug-likeness (QED) is 0.686. The molecule has 0 spiro atoms. The molecule has 28 heavy (non-hydrogen) atoms. The predicted octanol–water partition coefficient (Wildman–Crippen LogP) is 4.39. The topological polar surface area (TPSA) is 64.6 Å². The molecule has 1 N–H and O–H groups in total. The van der Waals surface area contributed by atoms with E-state index in [1.165, 1.54) is 25.3 Å². The monoisotopic (exact) mass is 425 g/mol. The maximum atomic E-state index is 12.4. The molecule has 5 nitrogen and oxygen atoms in total. The Morgan fingerprint density at radius 1 is 1.14 bits per heavy atom. The number of rotatable bonds is 6. The fourth-order valence-corrected chi connectivity index (χ4v) is 6.11. The van der Waals surface area contributed by atoms with E-state index in [1.807, 2.05) is 0 Å². The maximum Gasteiger partial charge on any atom is 0.347 e. The Kier molecular flexibility index (Phi) is 5.49. The second kappa shape index (κ2) is 7.75. The first kappa shape index (κ1) is 19.8. The van der Waals surface area contributed by atoms with Crippen LogP contribution in [0.4, 0.5) is 0 Å². The van der Waals surface area contributed by atoms with Crippen molar-refractivity contribution in [3.63, 3.8) is 0 Å². The van der Waals surface area contributed by atoms with Crippen LogP contribution >= 0.6 is 23.2 Å². The van der Waals surface area contributed by atoms with Crippen LogP contribution in [0.2, 0.25) is 10.0 Å². The van der Waals surface area contributed by atoms with E-state index in [0.717, 1.165) is 37.0 Å². The minimum atomic E-state index is -0.883. The fourth-order valence-electron chi connectivity index (χ4n) is 5.66. The number of carbonyl (C=O) groups is 2. The van der Waals surface area contributed by atoms with E-state index in [9.17, 15) is 9.59 Å². The second-order valence-electron chi connectivity index (χ2n) is 8.69. The Balaban J connectivity index is 1.27. The highest BCUT2D eigenvalue weighted by atomic mass is 35.5. The van der Waals surface area contributed by atoms with Crippen molar-refractivity contribution < 1.29 is 19.1 Å². The summed E-state index contributed by atoms with van der Waals surface area (Å²) < 4.78 is 10.7. The maximum absolute atomic E-state index is 12.4. The van der Waals surface area contributed by atoms with E-state index >= 15 is 0 Å². The summed E-state index contributed by atoms with van der Waals surface area (Å²) in [5, 5.41) is 3.98. The van der Waals surface area contributed by atoms with Crippen molar-refractivity contribution in [2.24, 2.45) is 17.8 Å². The smallest absolute Gasteiger partial charge is 0.347 e. The number of benzene rings is 1. The van der Waals surface area contributed by atoms with Crippen molar-refractivity contribution in [3.8, 4) is 5.75 Å². The highest BCUT2D eigenvalue weighted by molar-refractivity contribution is 6.35. The molecular formula is C21H25Cl2NO4. The zero-order valence-corrected chi connectivity index (χ0v) is 17.4. The van der Waals surface area contributed by atoms with Crippen LogP contribution in [0.3, 0.4) is 0 Å². The lowest BCUT2D eigenvalue weighted by Crippen LogP contribution is -2.60. The molecule has 0 aliphatic heterocycles. The van der Waals surface area contributed by atoms with Gasteiger partial charge in [0.2, 0.25) is 0 Å². The Morgan fingerprint density at radius 3 is 2.32 bits per heavy atom. The van der Waals surface area contributed by atoms with E-state index in [2.05, 4.69) is 5.32 Å². The van der Waals surface area contributed by atoms with Gasteiger partial charge >= 0.3 is 5.97 Å². The lowest BCUT2D eigenvalue weighted by molar-refractivity contribution is -0.155. The molecule has 5 rings (SSSR count). The fraction of sp³-hybridized carbons (Fsp3) is 0.619. The molecule has 4 aliphatic carbocycles. The molecule has 4 bridgehead atoms. The summed E-state index contributed by atoms with van der Waals surface area (Å²) in [7, 11) is 0. The molecule has 1 amide bonds. The minimum absolute atomic E-state index is 0.0861. The van der Waals surface area contributed by atoms with Gasteiger partial charge in [-0.25, -0.2) is 4.79 Å². The van der Waals surface area contributed by atoms with E-state index in [1.54, 1.807) is 19.1 Å². The van der Waals surface area contributed by atoms with Crippen LogP contribution < -0.4 is 10.1 Å². The Bertz CT molecular complexity index is 746. The highest BCUT2D eigenvalue weighted by Gasteiger charge is 2.51. The van der Waals surface area contributed by atoms with E-state index in [4.69, 9.17) is 32.7 Å². The number of hydrogen-bond donors (Lipinski definition) is 1. The summed E-state index contributed by atoms with van der Waals surface area (Å²) in [6, 6.07) is 4.75. The zero-order chi connectivity index (χ0) is 19.9. The number of hydrogen-bond acceptors (Lipinski definition) is 4. The largest absolute Gasteiger partial charge is 0.477 e. The Hall–Kier alpha value is -1.46. The molecular weight excluding hydrogens is 401 g/mol. The average Bonchev–Trinajstić information content (AvgIpc) is 2.60. The minimum Gasteiger partial charge on any atom is -0.477 e. The standard InChI is InChI=1S/C21H25Cl2NO4/c1-12(28-18-3-2-16(22)7-17(18)23)20(26)27-11-19(25)24-21-8-13-4-14(9-21)6-15(5-13)10-21/h2-3,7,12-15H,4-6,8-11H2,1H3,(H,24,25). The van der Waals surface area contributed by atoms with Gasteiger partial charge in [-0.2, -0.15) is 0 Å². The van der Waals surface area contributed by atoms with E-state index < -0.39 is 12.1 Å². The number of nitrogens with one attached hydrogen (secondary N) is 1. The van der Waals surface area contributed by atoms with Gasteiger partial charge in [0, 0.05) is 10.6 Å². The van der Waals surface area contributed by atoms with Crippen molar-refractivity contribution >= 4 is 35.1 Å². The molecule has 1 aromatic carbocycles. The third-order valence-electron chi connectivity index (χ3n) is 6.32. The predicted molar refractivity (Wildman–Crippen MR) is 107 cm³/mol. The summed E-state index contributed by atoms with van der Waals surface area (Å²) in [5.74, 6) is 1.73. The molecule has 0 aromatic heterocycles. The molecule has 1 atom stereocenters. The van der Waals surface area contributed by atoms with Crippen LogP contribution in [-0.4, -0.2) is 30.1 Å². The number of ether oxygens (including phenoxy) is 2. The normalized spacial score (nSPS) is 31.3. The Morgan fingerprint density at radius 2 is 1.75 bits per heavy atom. The molecule has 152 valence electrons. The molecule has 4 fully saturated rings. The molecule has 0 saturated heterocycles. The van der Waals surface area contributed by atoms with E-state index in [-0.39, 0.29) is 18.1 Å². The molecule has 1 unspecified atom stereocenters. The second-order valence-corrected chi connectivity index (χ2v) is 9.53. The summed E-state index contributed by atoms with van der Waals surface area (Å²) in [6.45, 7) is 1.27. The van der Waals surface area contributed by atoms with Crippen molar-refractivity contribution in [2.75, 3.05) is 6.61 Å². The first-order valence-electron chi connectivity index (χ1n) is 9.91. The third kappa shape index (κ3) is 4.25. The first-order chi connectivity index (χ1) is 13.3. The van der Waals surface area contributed by atoms with E-state index in [0.29, 0.717) is 15.8 Å². The van der Waals surface area contributed by atoms with Crippen LogP contribution in [0, 0.1) is 17.8 Å². The van der Waals surface area contributed by atoms with Gasteiger partial charge in [0.05, 0.1) is 5.02 Å². The van der Waals surface area contributed by atoms with Crippen LogP contribution in [-0.2, 0) is 14.3 Å². The third-order valence-corrected chi connectivity index (χ3v) is 6.85. The lowest BCUT2D eigenvalue weighted by Gasteiger charge is -2.56. The molecule has 0 radical (unpaired) electrons. The summed E-state index contributed by atoms with van der Waals surface area (Å²) >= 11 is 11.9. The van der Waals surface area contributed by atoms with Crippen molar-refractivity contribution in [1.82, 2.24) is 5.32 Å². The van der Waals surface area contributed by atoms with Crippen LogP contribution in [0.15, 0.2) is 18.2 Å². The van der Waals surface area contributed by atoms with Gasteiger partial charge in [-0.05, 0) is 81.4 Å². The molecule has 4 aliphatic rings. The summed E-state index contributed by atoms with van der Waals surface area (Å²) in [6.07, 6.45) is 6.24. The Labute approximate surface area is 175 Å². The average molecular weight is 426 g/mol. The van der Waals surface area contributed by atoms with Gasteiger partial charge in [-0.3, -0.25) is 4.79 Å². The van der Waals surface area contributed by atoms with Gasteiger partial charge in [-0.15, -0.1) is 0 Å². The number of carbonyl (C=O) groups excluding carboxylic acids is 2. The van der Waals surface area contributed by atoms with Gasteiger partial charge in [0.25, 0.3) is 5.91 Å². The van der Waals surface area contributed by atoms with Crippen LogP contribution in [0.5, 0.6) is 5.75 Å². The summed E-state index contributed by atoms with van der Waals surface area (Å²) in [5.41, 5.74) is -0.0861. The van der Waals surface area contributed by atoms with Crippen LogP contribution in [0.25, 0.3) is 0 Å². The SMILES string of the molecule is CC(Oc1ccc(Cl)cc1Cl)C(=O)OCC(=O)NC12CC3CC(CC(C3)C1)C2. The van der Waals surface area contributed by atoms with Crippen molar-refractivity contribution in [1.29, 1.82) is 0 Å². The molecule has 4 saturated carbocycles. The first-order valence-corrected chi connectivity index (χ1v) is 10.7. The number of esters is 1. The van der Waals surface area contributed by atoms with Gasteiger partial charge in [0.15, 0.2) is 12.7 Å². The number of halogens is 2. The zero-order valence-electron chi connectivity index (χ0n) is 15.9. The van der Waals surface area contributed by atoms with Crippen LogP contribution in [0.1, 0.15) is 45.4 Å². The molecule has 0 heterocycles. The van der Waals surface area contributed by atoms with Gasteiger partial charge < -0.3 is 14.8 Å². The number of amides is 1. The highest BCUT2D eigenvalue weighted by Crippen LogP contribution is 2.55. The molecule has 1 aromatic rings. The van der Waals surface area contributed by atoms with Gasteiger partial charge in [-0.1, -0.05) is 23.2 Å². The lowest BCUT2D eigenvalue weighted by atomic mass is 9.53. The van der Waals surface area contributed by atoms with Crippen molar-refractivity contribution in [3.05, 3.63) is 28.2 Å². The molecule has 7 heteroatoms. The van der Waals surface area contributed by atoms with Crippen molar-refractivity contribution in [2.45, 2.75) is 57.1 Å². The van der Waals surface area contributed by atoms with Gasteiger partial charge in [0.1, 0.15) is 5.75 Å².